The van der Waals surface area contributed by atoms with Gasteiger partial charge in [-0.25, -0.2) is 0 Å². The van der Waals surface area contributed by atoms with E-state index in [1.54, 1.807) is 26.4 Å². The Balaban J connectivity index is 3.15. The number of ether oxygens (including phenoxy) is 2. The van der Waals surface area contributed by atoms with Crippen molar-refractivity contribution in [2.75, 3.05) is 20.1 Å². The third-order valence-corrected chi connectivity index (χ3v) is 2.54. The minimum atomic E-state index is 0.0217. The van der Waals surface area contributed by atoms with Gasteiger partial charge in [-0.2, -0.15) is 0 Å². The van der Waals surface area contributed by atoms with Crippen molar-refractivity contribution in [2.45, 2.75) is 13.3 Å². The number of rotatable bonds is 5. The number of methoxy groups -OCH3 is 2. The molecule has 0 saturated carbocycles. The van der Waals surface area contributed by atoms with E-state index in [2.05, 4.69) is 0 Å². The Morgan fingerprint density at radius 3 is 2.31 bits per heavy atom. The second-order valence-corrected chi connectivity index (χ2v) is 3.76. The van der Waals surface area contributed by atoms with Gasteiger partial charge in [0, 0.05) is 17.9 Å². The average molecular weight is 243 g/mol. The number of Topliss-reactive ketones (excluding diaryl/α,β-unsaturated/α-hetero) is 1. The molecule has 0 N–H and O–H groups in total. The van der Waals surface area contributed by atoms with E-state index in [0.29, 0.717) is 29.4 Å². The van der Waals surface area contributed by atoms with Crippen LogP contribution in [0.1, 0.15) is 22.3 Å². The minimum Gasteiger partial charge on any atom is -0.493 e. The Hall–Kier alpha value is -1.22. The third kappa shape index (κ3) is 2.67. The first-order chi connectivity index (χ1) is 7.63. The van der Waals surface area contributed by atoms with Crippen LogP contribution in [0.25, 0.3) is 0 Å². The summed E-state index contributed by atoms with van der Waals surface area (Å²) in [6.45, 7) is 1.86. The van der Waals surface area contributed by atoms with E-state index in [1.807, 2.05) is 6.92 Å². The van der Waals surface area contributed by atoms with Crippen LogP contribution in [0, 0.1) is 6.92 Å². The first-order valence-electron chi connectivity index (χ1n) is 4.95. The van der Waals surface area contributed by atoms with Gasteiger partial charge < -0.3 is 9.47 Å². The summed E-state index contributed by atoms with van der Waals surface area (Å²) in [5.74, 6) is 1.54. The normalized spacial score (nSPS) is 10.0. The number of hydrogen-bond acceptors (Lipinski definition) is 3. The van der Waals surface area contributed by atoms with Crippen molar-refractivity contribution < 1.29 is 14.3 Å². The van der Waals surface area contributed by atoms with Crippen molar-refractivity contribution in [3.63, 3.8) is 0 Å². The van der Waals surface area contributed by atoms with Crippen LogP contribution in [0.3, 0.4) is 0 Å². The Labute approximate surface area is 100 Å². The maximum atomic E-state index is 11.8. The molecule has 0 spiro atoms. The summed E-state index contributed by atoms with van der Waals surface area (Å²) in [4.78, 5) is 11.8. The highest BCUT2D eigenvalue weighted by molar-refractivity contribution is 6.19. The molecule has 0 amide bonds. The molecule has 4 heteroatoms. The van der Waals surface area contributed by atoms with Crippen molar-refractivity contribution in [1.82, 2.24) is 0 Å². The van der Waals surface area contributed by atoms with E-state index >= 15 is 0 Å². The lowest BCUT2D eigenvalue weighted by atomic mass is 10.0. The average Bonchev–Trinajstić information content (AvgIpc) is 2.28. The molecule has 0 aromatic heterocycles. The van der Waals surface area contributed by atoms with Crippen molar-refractivity contribution >= 4 is 17.4 Å². The molecule has 0 unspecified atom stereocenters. The summed E-state index contributed by atoms with van der Waals surface area (Å²) < 4.78 is 10.3. The fraction of sp³-hybridized carbons (Fsp3) is 0.417. The summed E-state index contributed by atoms with van der Waals surface area (Å²) >= 11 is 5.55. The van der Waals surface area contributed by atoms with E-state index in [9.17, 15) is 4.79 Å². The fourth-order valence-electron chi connectivity index (χ4n) is 1.50. The highest BCUT2D eigenvalue weighted by Crippen LogP contribution is 2.30. The number of aryl methyl sites for hydroxylation is 1. The Morgan fingerprint density at radius 1 is 1.25 bits per heavy atom. The zero-order valence-corrected chi connectivity index (χ0v) is 10.4. The Morgan fingerprint density at radius 2 is 1.81 bits per heavy atom. The van der Waals surface area contributed by atoms with Crippen molar-refractivity contribution in [2.24, 2.45) is 0 Å². The van der Waals surface area contributed by atoms with Crippen LogP contribution >= 0.6 is 11.6 Å². The first-order valence-corrected chi connectivity index (χ1v) is 5.49. The predicted octanol–water partition coefficient (Wildman–Crippen LogP) is 2.82. The molecule has 3 nitrogen and oxygen atoms in total. The number of ketones is 1. The van der Waals surface area contributed by atoms with Crippen LogP contribution in [0.4, 0.5) is 0 Å². The second kappa shape index (κ2) is 5.75. The zero-order valence-electron chi connectivity index (χ0n) is 9.67. The van der Waals surface area contributed by atoms with Gasteiger partial charge in [0.2, 0.25) is 0 Å². The van der Waals surface area contributed by atoms with E-state index < -0.39 is 0 Å². The van der Waals surface area contributed by atoms with Crippen molar-refractivity contribution in [1.29, 1.82) is 0 Å². The van der Waals surface area contributed by atoms with Crippen LogP contribution < -0.4 is 9.47 Å². The van der Waals surface area contributed by atoms with Gasteiger partial charge in [0.05, 0.1) is 14.2 Å². The fourth-order valence-corrected chi connectivity index (χ4v) is 1.67. The Bertz CT molecular complexity index is 388. The van der Waals surface area contributed by atoms with Gasteiger partial charge in [-0.3, -0.25) is 4.79 Å². The number of carbonyl (C=O) groups excluding carboxylic acids is 1. The van der Waals surface area contributed by atoms with Gasteiger partial charge >= 0.3 is 0 Å². The van der Waals surface area contributed by atoms with Crippen molar-refractivity contribution in [3.8, 4) is 11.5 Å². The van der Waals surface area contributed by atoms with Gasteiger partial charge in [-0.05, 0) is 24.6 Å². The number of hydrogen-bond donors (Lipinski definition) is 0. The highest BCUT2D eigenvalue weighted by Gasteiger charge is 2.13. The SMILES string of the molecule is COc1cc(C)c(C(=O)CCCl)cc1OC. The molecule has 88 valence electrons. The van der Waals surface area contributed by atoms with Crippen molar-refractivity contribution in [3.05, 3.63) is 23.3 Å². The van der Waals surface area contributed by atoms with Crippen LogP contribution in [-0.4, -0.2) is 25.9 Å². The van der Waals surface area contributed by atoms with Crippen LogP contribution in [0.2, 0.25) is 0 Å². The molecule has 1 rings (SSSR count). The molecular formula is C12H15ClO3. The maximum absolute atomic E-state index is 11.8. The lowest BCUT2D eigenvalue weighted by Gasteiger charge is -2.11. The maximum Gasteiger partial charge on any atom is 0.164 e. The molecule has 0 aliphatic heterocycles. The third-order valence-electron chi connectivity index (χ3n) is 2.35. The van der Waals surface area contributed by atoms with Gasteiger partial charge in [0.15, 0.2) is 17.3 Å². The lowest BCUT2D eigenvalue weighted by Crippen LogP contribution is -2.04. The molecule has 0 saturated heterocycles. The summed E-state index contributed by atoms with van der Waals surface area (Å²) in [6, 6.07) is 3.49. The number of alkyl halides is 1. The topological polar surface area (TPSA) is 35.5 Å². The zero-order chi connectivity index (χ0) is 12.1. The molecule has 0 aliphatic carbocycles. The standard InChI is InChI=1S/C12H15ClO3/c1-8-6-11(15-2)12(16-3)7-9(8)10(14)4-5-13/h6-7H,4-5H2,1-3H3. The molecular weight excluding hydrogens is 228 g/mol. The molecule has 1 aromatic carbocycles. The molecule has 0 atom stereocenters. The molecule has 0 fully saturated rings. The molecule has 0 radical (unpaired) electrons. The summed E-state index contributed by atoms with van der Waals surface area (Å²) in [5, 5.41) is 0. The van der Waals surface area contributed by atoms with Crippen LogP contribution in [0.5, 0.6) is 11.5 Å². The second-order valence-electron chi connectivity index (χ2n) is 3.38. The van der Waals surface area contributed by atoms with E-state index in [4.69, 9.17) is 21.1 Å². The van der Waals surface area contributed by atoms with Gasteiger partial charge in [0.1, 0.15) is 0 Å². The van der Waals surface area contributed by atoms with Gasteiger partial charge in [0.25, 0.3) is 0 Å². The van der Waals surface area contributed by atoms with Crippen LogP contribution in [-0.2, 0) is 0 Å². The minimum absolute atomic E-state index is 0.0217. The van der Waals surface area contributed by atoms with E-state index in [-0.39, 0.29) is 5.78 Å². The number of benzene rings is 1. The molecule has 1 aromatic rings. The first kappa shape index (κ1) is 12.8. The highest BCUT2D eigenvalue weighted by atomic mass is 35.5. The van der Waals surface area contributed by atoms with Crippen LogP contribution in [0.15, 0.2) is 12.1 Å². The molecule has 16 heavy (non-hydrogen) atoms. The number of carbonyl (C=O) groups is 1. The summed E-state index contributed by atoms with van der Waals surface area (Å²) in [7, 11) is 3.11. The van der Waals surface area contributed by atoms with E-state index in [1.165, 1.54) is 0 Å². The van der Waals surface area contributed by atoms with Gasteiger partial charge in [-0.15, -0.1) is 11.6 Å². The van der Waals surface area contributed by atoms with E-state index in [0.717, 1.165) is 5.56 Å². The lowest BCUT2D eigenvalue weighted by molar-refractivity contribution is 0.0988. The quantitative estimate of drug-likeness (QED) is 0.588. The molecule has 0 heterocycles. The predicted molar refractivity (Wildman–Crippen MR) is 64.0 cm³/mol. The monoisotopic (exact) mass is 242 g/mol. The smallest absolute Gasteiger partial charge is 0.164 e. The molecule has 0 bridgehead atoms. The number of halogens is 1. The molecule has 0 aliphatic rings. The van der Waals surface area contributed by atoms with Gasteiger partial charge in [-0.1, -0.05) is 0 Å². The largest absolute Gasteiger partial charge is 0.493 e. The Kier molecular flexibility index (Phi) is 4.62. The summed E-state index contributed by atoms with van der Waals surface area (Å²) in [5.41, 5.74) is 1.51. The summed E-state index contributed by atoms with van der Waals surface area (Å²) in [6.07, 6.45) is 0.331.